The molecule has 0 bridgehead atoms. The van der Waals surface area contributed by atoms with E-state index < -0.39 is 5.97 Å². The Bertz CT molecular complexity index is 558. The van der Waals surface area contributed by atoms with Gasteiger partial charge in [-0.3, -0.25) is 0 Å². The van der Waals surface area contributed by atoms with Gasteiger partial charge in [-0.15, -0.1) is 0 Å². The van der Waals surface area contributed by atoms with Crippen molar-refractivity contribution in [3.63, 3.8) is 0 Å². The normalized spacial score (nSPS) is 11.1. The summed E-state index contributed by atoms with van der Waals surface area (Å²) in [6, 6.07) is 8.48. The Morgan fingerprint density at radius 1 is 1.17 bits per heavy atom. The topological polar surface area (TPSA) is 79.5 Å². The van der Waals surface area contributed by atoms with Gasteiger partial charge < -0.3 is 14.6 Å². The fourth-order valence-corrected chi connectivity index (χ4v) is 2.12. The van der Waals surface area contributed by atoms with Crippen LogP contribution in [0, 0.1) is 11.3 Å². The van der Waals surface area contributed by atoms with Crippen molar-refractivity contribution < 1.29 is 19.4 Å². The van der Waals surface area contributed by atoms with Crippen LogP contribution in [0.5, 0.6) is 5.75 Å². The number of ether oxygens (including phenoxy) is 2. The van der Waals surface area contributed by atoms with Gasteiger partial charge in [-0.1, -0.05) is 51.2 Å². The highest BCUT2D eigenvalue weighted by atomic mass is 16.7. The van der Waals surface area contributed by atoms with E-state index in [1.807, 2.05) is 0 Å². The Hall–Kier alpha value is -2.32. The third kappa shape index (κ3) is 8.35. The molecule has 5 heteroatoms. The molecule has 0 spiro atoms. The molecule has 0 fully saturated rings. The van der Waals surface area contributed by atoms with E-state index in [1.165, 1.54) is 38.2 Å². The van der Waals surface area contributed by atoms with E-state index in [0.29, 0.717) is 17.9 Å². The second-order valence-electron chi connectivity index (χ2n) is 5.48. The van der Waals surface area contributed by atoms with Crippen LogP contribution in [0.25, 0.3) is 6.08 Å². The summed E-state index contributed by atoms with van der Waals surface area (Å²) in [4.78, 5) is 10.8. The van der Waals surface area contributed by atoms with Gasteiger partial charge in [0, 0.05) is 0 Å². The fourth-order valence-electron chi connectivity index (χ4n) is 2.12. The highest BCUT2D eigenvalue weighted by molar-refractivity contribution is 5.96. The van der Waals surface area contributed by atoms with Crippen LogP contribution < -0.4 is 4.74 Å². The third-order valence-corrected chi connectivity index (χ3v) is 3.49. The lowest BCUT2D eigenvalue weighted by Crippen LogP contribution is -2.04. The van der Waals surface area contributed by atoms with Crippen molar-refractivity contribution in [3.05, 3.63) is 35.4 Å². The van der Waals surface area contributed by atoms with Gasteiger partial charge in [0.25, 0.3) is 0 Å². The highest BCUT2D eigenvalue weighted by Gasteiger charge is 2.05. The minimum atomic E-state index is -1.24. The summed E-state index contributed by atoms with van der Waals surface area (Å²) in [5.41, 5.74) is 0.334. The van der Waals surface area contributed by atoms with Crippen molar-refractivity contribution in [1.82, 2.24) is 0 Å². The van der Waals surface area contributed by atoms with Gasteiger partial charge >= 0.3 is 5.97 Å². The van der Waals surface area contributed by atoms with Crippen LogP contribution >= 0.6 is 0 Å². The summed E-state index contributed by atoms with van der Waals surface area (Å²) in [5.74, 6) is -0.593. The van der Waals surface area contributed by atoms with Crippen molar-refractivity contribution >= 4 is 12.0 Å². The maximum atomic E-state index is 10.8. The molecule has 130 valence electrons. The van der Waals surface area contributed by atoms with Gasteiger partial charge in [0.05, 0.1) is 6.61 Å². The van der Waals surface area contributed by atoms with Crippen LogP contribution in [0.1, 0.15) is 51.0 Å². The molecule has 0 aliphatic carbocycles. The zero-order chi connectivity index (χ0) is 17.6. The lowest BCUT2D eigenvalue weighted by atomic mass is 10.1. The Labute approximate surface area is 143 Å². The van der Waals surface area contributed by atoms with Crippen molar-refractivity contribution in [1.29, 1.82) is 5.26 Å². The lowest BCUT2D eigenvalue weighted by molar-refractivity contribution is -0.132. The predicted molar refractivity (Wildman–Crippen MR) is 92.5 cm³/mol. The molecule has 24 heavy (non-hydrogen) atoms. The predicted octanol–water partition coefficient (Wildman–Crippen LogP) is 4.39. The minimum Gasteiger partial charge on any atom is -0.477 e. The second kappa shape index (κ2) is 12.1. The lowest BCUT2D eigenvalue weighted by Gasteiger charge is -2.07. The Balaban J connectivity index is 2.23. The summed E-state index contributed by atoms with van der Waals surface area (Å²) >= 11 is 0. The van der Waals surface area contributed by atoms with Gasteiger partial charge in [0.15, 0.2) is 6.79 Å². The zero-order valence-corrected chi connectivity index (χ0v) is 14.2. The first kappa shape index (κ1) is 19.7. The van der Waals surface area contributed by atoms with E-state index in [1.54, 1.807) is 30.3 Å². The number of rotatable bonds is 12. The number of nitriles is 1. The number of carboxylic acid groups (broad SMARTS) is 1. The summed E-state index contributed by atoms with van der Waals surface area (Å²) in [6.07, 6.45) is 8.66. The number of nitrogens with zero attached hydrogens (tertiary/aromatic N) is 1. The van der Waals surface area contributed by atoms with Gasteiger partial charge in [-0.25, -0.2) is 4.79 Å². The van der Waals surface area contributed by atoms with Gasteiger partial charge in [0.1, 0.15) is 17.4 Å². The molecule has 0 saturated carbocycles. The molecule has 1 N–H and O–H groups in total. The van der Waals surface area contributed by atoms with Gasteiger partial charge in [-0.2, -0.15) is 5.26 Å². The number of hydrogen-bond acceptors (Lipinski definition) is 4. The molecule has 0 unspecified atom stereocenters. The summed E-state index contributed by atoms with van der Waals surface area (Å²) in [7, 11) is 0. The van der Waals surface area contributed by atoms with Gasteiger partial charge in [-0.05, 0) is 30.2 Å². The molecule has 1 aromatic carbocycles. The van der Waals surface area contributed by atoms with Crippen molar-refractivity contribution in [2.75, 3.05) is 13.4 Å². The molecular weight excluding hydrogens is 306 g/mol. The first-order valence-electron chi connectivity index (χ1n) is 8.33. The number of hydrogen-bond donors (Lipinski definition) is 1. The Kier molecular flexibility index (Phi) is 9.98. The average Bonchev–Trinajstić information content (AvgIpc) is 2.59. The first-order chi connectivity index (χ1) is 11.7. The van der Waals surface area contributed by atoms with Crippen LogP contribution in [0.3, 0.4) is 0 Å². The van der Waals surface area contributed by atoms with Crippen molar-refractivity contribution in [2.45, 2.75) is 45.4 Å². The van der Waals surface area contributed by atoms with E-state index in [0.717, 1.165) is 6.42 Å². The van der Waals surface area contributed by atoms with E-state index in [4.69, 9.17) is 19.8 Å². The van der Waals surface area contributed by atoms with Crippen LogP contribution in [-0.4, -0.2) is 24.5 Å². The Morgan fingerprint density at radius 3 is 2.46 bits per heavy atom. The molecule has 5 nitrogen and oxygen atoms in total. The third-order valence-electron chi connectivity index (χ3n) is 3.49. The monoisotopic (exact) mass is 331 g/mol. The SMILES string of the molecule is CCCCCCCCOCOc1ccc(C=C(C#N)C(=O)O)cc1. The molecule has 1 aromatic rings. The number of benzene rings is 1. The summed E-state index contributed by atoms with van der Waals surface area (Å²) in [6.45, 7) is 3.09. The molecule has 0 atom stereocenters. The maximum absolute atomic E-state index is 10.8. The minimum absolute atomic E-state index is 0.197. The molecule has 1 rings (SSSR count). The largest absolute Gasteiger partial charge is 0.477 e. The summed E-state index contributed by atoms with van der Waals surface area (Å²) in [5, 5.41) is 17.5. The standard InChI is InChI=1S/C19H25NO4/c1-2-3-4-5-6-7-12-23-15-24-18-10-8-16(9-11-18)13-17(14-20)19(21)22/h8-11,13H,2-7,12,15H2,1H3,(H,21,22). The smallest absolute Gasteiger partial charge is 0.346 e. The van der Waals surface area contributed by atoms with Crippen LogP contribution in [0.4, 0.5) is 0 Å². The number of carbonyl (C=O) groups is 1. The fraction of sp³-hybridized carbons (Fsp3) is 0.474. The van der Waals surface area contributed by atoms with Crippen molar-refractivity contribution in [2.24, 2.45) is 0 Å². The molecule has 0 amide bonds. The zero-order valence-electron chi connectivity index (χ0n) is 14.2. The molecule has 0 aromatic heterocycles. The van der Waals surface area contributed by atoms with E-state index in [-0.39, 0.29) is 12.4 Å². The van der Waals surface area contributed by atoms with Crippen LogP contribution in [0.2, 0.25) is 0 Å². The molecule has 0 aliphatic rings. The first-order valence-corrected chi connectivity index (χ1v) is 8.33. The van der Waals surface area contributed by atoms with Crippen LogP contribution in [0.15, 0.2) is 29.8 Å². The second-order valence-corrected chi connectivity index (χ2v) is 5.48. The average molecular weight is 331 g/mol. The number of unbranched alkanes of at least 4 members (excludes halogenated alkanes) is 5. The van der Waals surface area contributed by atoms with Crippen molar-refractivity contribution in [3.8, 4) is 11.8 Å². The molecular formula is C19H25NO4. The van der Waals surface area contributed by atoms with E-state index in [9.17, 15) is 4.79 Å². The Morgan fingerprint density at radius 2 is 1.83 bits per heavy atom. The molecule has 0 saturated heterocycles. The quantitative estimate of drug-likeness (QED) is 0.266. The maximum Gasteiger partial charge on any atom is 0.346 e. The number of carboxylic acids is 1. The highest BCUT2D eigenvalue weighted by Crippen LogP contribution is 2.15. The van der Waals surface area contributed by atoms with Crippen LogP contribution in [-0.2, 0) is 9.53 Å². The van der Waals surface area contributed by atoms with E-state index >= 15 is 0 Å². The molecule has 0 radical (unpaired) electrons. The number of aliphatic carboxylic acids is 1. The summed E-state index contributed by atoms with van der Waals surface area (Å²) < 4.78 is 10.9. The molecule has 0 heterocycles. The van der Waals surface area contributed by atoms with E-state index in [2.05, 4.69) is 6.92 Å². The van der Waals surface area contributed by atoms with Gasteiger partial charge in [0.2, 0.25) is 0 Å². The molecule has 0 aliphatic heterocycles.